The number of nitrogens with zero attached hydrogens (tertiary/aromatic N) is 1. The smallest absolute Gasteiger partial charge is 0.759 e. The van der Waals surface area contributed by atoms with Crippen molar-refractivity contribution in [3.8, 4) is 0 Å². The molecule has 0 heterocycles. The Bertz CT molecular complexity index is 159. The van der Waals surface area contributed by atoms with E-state index in [9.17, 15) is 0 Å². The molecule has 0 aromatic carbocycles. The van der Waals surface area contributed by atoms with Crippen molar-refractivity contribution in [2.75, 3.05) is 0 Å². The largest absolute Gasteiger partial charge is 2.00 e. The van der Waals surface area contributed by atoms with Crippen LogP contribution in [0.4, 0.5) is 0 Å². The van der Waals surface area contributed by atoms with Gasteiger partial charge in [-0.25, -0.2) is 0 Å². The van der Waals surface area contributed by atoms with Crippen LogP contribution in [0.15, 0.2) is 0 Å². The second-order valence-corrected chi connectivity index (χ2v) is 1.45. The first-order valence-electron chi connectivity index (χ1n) is 1.21. The van der Waals surface area contributed by atoms with E-state index in [0.29, 0.717) is 0 Å². The molecule has 0 rings (SSSR count). The average molecular weight is 383 g/mol. The molecule has 0 radical (unpaired) electrons. The second-order valence-electron chi connectivity index (χ2n) is 0.632. The molecule has 0 aromatic heterocycles. The molecule has 0 atom stereocenters. The van der Waals surface area contributed by atoms with Gasteiger partial charge in [0, 0.05) is 10.4 Å². The van der Waals surface area contributed by atoms with E-state index >= 15 is 0 Å². The van der Waals surface area contributed by atoms with Crippen LogP contribution in [-0.4, -0.2) is 22.6 Å². The summed E-state index contributed by atoms with van der Waals surface area (Å²) in [7, 11) is -5.17. The van der Waals surface area contributed by atoms with Crippen LogP contribution in [0, 0.1) is 15.3 Å². The summed E-state index contributed by atoms with van der Waals surface area (Å²) in [6.45, 7) is 0. The van der Waals surface area contributed by atoms with E-state index in [1.807, 2.05) is 0 Å². The normalized spacial score (nSPS) is 7.45. The molecule has 11 heteroatoms. The van der Waals surface area contributed by atoms with Crippen LogP contribution < -0.4 is 0 Å². The summed E-state index contributed by atoms with van der Waals surface area (Å²) in [5.41, 5.74) is 0. The van der Waals surface area contributed by atoms with Gasteiger partial charge in [-0.15, -0.1) is 0 Å². The van der Waals surface area contributed by atoms with Crippen LogP contribution in [0.2, 0.25) is 0 Å². The van der Waals surface area contributed by atoms with E-state index in [2.05, 4.69) is 0 Å². The molecular formula is Cd2NO7S+. The molecule has 0 aliphatic heterocycles. The minimum absolute atomic E-state index is 0. The third-order valence-corrected chi connectivity index (χ3v) is 0. The van der Waals surface area contributed by atoms with E-state index in [4.69, 9.17) is 32.8 Å². The minimum Gasteiger partial charge on any atom is -0.759 e. The molecule has 0 fully saturated rings. The maximum atomic E-state index is 8.52. The number of hydrogen-bond acceptors (Lipinski definition) is 7. The Morgan fingerprint density at radius 3 is 1.00 bits per heavy atom. The van der Waals surface area contributed by atoms with E-state index in [1.165, 1.54) is 0 Å². The fraction of sp³-hybridized carbons (Fsp3) is 0. The standard InChI is InChI=1S/2Cd.NO3.H2O4S/c;;2-1(3)4;1-5(2,3)4/h;;;(H2,1,2,3,4)/q2*+2;-1;/p-2. The minimum atomic E-state index is -5.17. The summed E-state index contributed by atoms with van der Waals surface area (Å²) in [5.74, 6) is 0. The number of rotatable bonds is 0. The molecule has 0 aliphatic rings. The molecule has 0 bridgehead atoms. The molecule has 0 saturated heterocycles. The fourth-order valence-corrected chi connectivity index (χ4v) is 0. The van der Waals surface area contributed by atoms with Crippen LogP contribution in [0.25, 0.3) is 0 Å². The Morgan fingerprint density at radius 1 is 1.00 bits per heavy atom. The summed E-state index contributed by atoms with van der Waals surface area (Å²) in [6.07, 6.45) is 0. The van der Waals surface area contributed by atoms with Gasteiger partial charge < -0.3 is 24.4 Å². The Hall–Kier alpha value is 0.914. The molecule has 0 saturated carbocycles. The molecular weight excluding hydrogens is 383 g/mol. The maximum absolute atomic E-state index is 8.52. The molecule has 56 valence electrons. The van der Waals surface area contributed by atoms with Crippen molar-refractivity contribution in [1.82, 2.24) is 0 Å². The van der Waals surface area contributed by atoms with Crippen LogP contribution in [-0.2, 0) is 65.0 Å². The predicted octanol–water partition coefficient (Wildman–Crippen LogP) is -1.58. The van der Waals surface area contributed by atoms with E-state index in [1.54, 1.807) is 0 Å². The third-order valence-electron chi connectivity index (χ3n) is 0. The second kappa shape index (κ2) is 10.9. The first kappa shape index (κ1) is 22.7. The SMILES string of the molecule is O=S(=O)([O-])[O-].O=[N+]([O-])[O-].[Cd+2].[Cd+2]. The topological polar surface area (TPSA) is 146 Å². The quantitative estimate of drug-likeness (QED) is 0.161. The zero-order valence-corrected chi connectivity index (χ0v) is 14.0. The third kappa shape index (κ3) is 1040. The zero-order valence-electron chi connectivity index (χ0n) is 5.13. The first-order valence-corrected chi connectivity index (χ1v) is 2.55. The average Bonchev–Trinajstić information content (AvgIpc) is 1.19. The van der Waals surface area contributed by atoms with Gasteiger partial charge in [-0.05, 0) is 0 Å². The Kier molecular flexibility index (Phi) is 22.5. The Morgan fingerprint density at radius 2 is 1.00 bits per heavy atom. The summed E-state index contributed by atoms with van der Waals surface area (Å²) < 4.78 is 34.1. The van der Waals surface area contributed by atoms with E-state index in [0.717, 1.165) is 0 Å². The van der Waals surface area contributed by atoms with Gasteiger partial charge in [-0.1, -0.05) is 0 Å². The molecule has 0 unspecified atom stereocenters. The van der Waals surface area contributed by atoms with Crippen molar-refractivity contribution in [3.05, 3.63) is 15.3 Å². The molecule has 8 nitrogen and oxygen atoms in total. The van der Waals surface area contributed by atoms with Crippen molar-refractivity contribution in [1.29, 1.82) is 0 Å². The summed E-state index contributed by atoms with van der Waals surface area (Å²) in [5, 5.41) is 14.8. The van der Waals surface area contributed by atoms with Gasteiger partial charge in [0.25, 0.3) is 0 Å². The summed E-state index contributed by atoms with van der Waals surface area (Å²) in [6, 6.07) is 0. The molecule has 0 spiro atoms. The fourth-order valence-electron chi connectivity index (χ4n) is 0. The van der Waals surface area contributed by atoms with Crippen molar-refractivity contribution < 1.29 is 77.2 Å². The van der Waals surface area contributed by atoms with Gasteiger partial charge in [-0.2, -0.15) is 0 Å². The summed E-state index contributed by atoms with van der Waals surface area (Å²) >= 11 is 0. The maximum Gasteiger partial charge on any atom is 2.00 e. The summed E-state index contributed by atoms with van der Waals surface area (Å²) in [4.78, 5) is 8.25. The monoisotopic (exact) mass is 386 g/mol. The van der Waals surface area contributed by atoms with Crippen molar-refractivity contribution in [2.24, 2.45) is 0 Å². The van der Waals surface area contributed by atoms with Crippen LogP contribution in [0.5, 0.6) is 0 Å². The zero-order chi connectivity index (χ0) is 8.08. The van der Waals surface area contributed by atoms with E-state index < -0.39 is 15.5 Å². The molecule has 0 aromatic rings. The van der Waals surface area contributed by atoms with Gasteiger partial charge in [0.15, 0.2) is 0 Å². The van der Waals surface area contributed by atoms with Gasteiger partial charge in [0.2, 0.25) is 0 Å². The van der Waals surface area contributed by atoms with Gasteiger partial charge in [0.1, 0.15) is 0 Å². The van der Waals surface area contributed by atoms with Crippen molar-refractivity contribution in [3.63, 3.8) is 0 Å². The van der Waals surface area contributed by atoms with Crippen molar-refractivity contribution >= 4 is 10.4 Å². The molecule has 11 heavy (non-hydrogen) atoms. The predicted molar refractivity (Wildman–Crippen MR) is 20.8 cm³/mol. The van der Waals surface area contributed by atoms with Crippen molar-refractivity contribution in [2.45, 2.75) is 0 Å². The van der Waals surface area contributed by atoms with Crippen LogP contribution in [0.1, 0.15) is 0 Å². The molecule has 0 amide bonds. The Labute approximate surface area is 102 Å². The molecule has 0 aliphatic carbocycles. The van der Waals surface area contributed by atoms with Gasteiger partial charge in [0.05, 0.1) is 5.09 Å². The first-order chi connectivity index (χ1) is 3.73. The molecule has 0 N–H and O–H groups in total. The van der Waals surface area contributed by atoms with Gasteiger partial charge >= 0.3 is 54.6 Å². The van der Waals surface area contributed by atoms with Crippen LogP contribution in [0.3, 0.4) is 0 Å². The Balaban J connectivity index is -0.0000000383. The van der Waals surface area contributed by atoms with Gasteiger partial charge in [-0.3, -0.25) is 8.42 Å². The van der Waals surface area contributed by atoms with Crippen LogP contribution >= 0.6 is 0 Å². The number of hydrogen-bond donors (Lipinski definition) is 0. The van der Waals surface area contributed by atoms with E-state index in [-0.39, 0.29) is 54.6 Å².